The summed E-state index contributed by atoms with van der Waals surface area (Å²) in [6.45, 7) is 4.43. The number of rotatable bonds is 4. The fraction of sp³-hybridized carbons (Fsp3) is 0.278. The lowest BCUT2D eigenvalue weighted by Gasteiger charge is -2.28. The van der Waals surface area contributed by atoms with Crippen molar-refractivity contribution in [3.8, 4) is 0 Å². The first-order valence-electron chi connectivity index (χ1n) is 7.46. The average Bonchev–Trinajstić information content (AvgIpc) is 2.53. The van der Waals surface area contributed by atoms with Crippen LogP contribution in [-0.4, -0.2) is 20.0 Å². The van der Waals surface area contributed by atoms with Crippen LogP contribution in [0, 0.1) is 5.82 Å². The van der Waals surface area contributed by atoms with E-state index in [9.17, 15) is 17.6 Å². The molecule has 2 aromatic rings. The summed E-state index contributed by atoms with van der Waals surface area (Å²) in [4.78, 5) is 12.1. The third kappa shape index (κ3) is 3.71. The molecule has 0 radical (unpaired) electrons. The van der Waals surface area contributed by atoms with Crippen LogP contribution >= 0.6 is 0 Å². The monoisotopic (exact) mass is 368 g/mol. The Balaban J connectivity index is 2.71. The number of ether oxygens (including phenoxy) is 1. The summed E-state index contributed by atoms with van der Waals surface area (Å²) in [5.41, 5.74) is -1.78. The summed E-state index contributed by atoms with van der Waals surface area (Å²) < 4.78 is 60.2. The molecular formula is C18H18F2O4S. The van der Waals surface area contributed by atoms with E-state index in [1.807, 2.05) is 0 Å². The van der Waals surface area contributed by atoms with E-state index in [1.165, 1.54) is 32.9 Å². The van der Waals surface area contributed by atoms with Gasteiger partial charge in [0.2, 0.25) is 9.84 Å². The van der Waals surface area contributed by atoms with Crippen molar-refractivity contribution in [2.24, 2.45) is 0 Å². The molecule has 0 aliphatic rings. The van der Waals surface area contributed by atoms with Crippen molar-refractivity contribution in [2.75, 3.05) is 0 Å². The molecule has 0 bridgehead atoms. The second kappa shape index (κ2) is 6.55. The SMILES string of the molecule is CC(C)(C)OC(=O)C(F)(c1cccc(F)c1)S(=O)(=O)c1ccccc1. The van der Waals surface area contributed by atoms with Gasteiger partial charge in [0.25, 0.3) is 0 Å². The number of sulfone groups is 1. The molecule has 25 heavy (non-hydrogen) atoms. The molecule has 0 N–H and O–H groups in total. The minimum Gasteiger partial charge on any atom is -0.457 e. The van der Waals surface area contributed by atoms with Gasteiger partial charge in [-0.2, -0.15) is 0 Å². The lowest BCUT2D eigenvalue weighted by Crippen LogP contribution is -2.44. The predicted molar refractivity (Wildman–Crippen MR) is 88.7 cm³/mol. The van der Waals surface area contributed by atoms with E-state index in [4.69, 9.17) is 4.74 Å². The van der Waals surface area contributed by atoms with E-state index >= 15 is 4.39 Å². The van der Waals surface area contributed by atoms with Crippen LogP contribution in [0.3, 0.4) is 0 Å². The maximum atomic E-state index is 15.9. The van der Waals surface area contributed by atoms with Gasteiger partial charge in [-0.3, -0.25) is 0 Å². The minimum atomic E-state index is -4.85. The van der Waals surface area contributed by atoms with Gasteiger partial charge in [-0.05, 0) is 45.0 Å². The average molecular weight is 368 g/mol. The fourth-order valence-electron chi connectivity index (χ4n) is 2.18. The Morgan fingerprint density at radius 2 is 1.60 bits per heavy atom. The van der Waals surface area contributed by atoms with Crippen molar-refractivity contribution >= 4 is 15.8 Å². The molecule has 7 heteroatoms. The van der Waals surface area contributed by atoms with Gasteiger partial charge in [0.15, 0.2) is 0 Å². The summed E-state index contributed by atoms with van der Waals surface area (Å²) in [5, 5.41) is -3.58. The van der Waals surface area contributed by atoms with Crippen LogP contribution < -0.4 is 0 Å². The Morgan fingerprint density at radius 3 is 2.12 bits per heavy atom. The molecule has 0 saturated heterocycles. The van der Waals surface area contributed by atoms with Crippen LogP contribution in [0.15, 0.2) is 59.5 Å². The molecule has 2 aromatic carbocycles. The first-order chi connectivity index (χ1) is 11.5. The Bertz CT molecular complexity index is 873. The first-order valence-corrected chi connectivity index (χ1v) is 8.95. The Labute approximate surface area is 145 Å². The quantitative estimate of drug-likeness (QED) is 0.771. The third-order valence-electron chi connectivity index (χ3n) is 3.28. The van der Waals surface area contributed by atoms with Gasteiger partial charge in [0.1, 0.15) is 11.4 Å². The highest BCUT2D eigenvalue weighted by atomic mass is 32.2. The first kappa shape index (κ1) is 19.1. The number of halogens is 2. The van der Waals surface area contributed by atoms with Crippen LogP contribution in [0.25, 0.3) is 0 Å². The number of alkyl halides is 1. The van der Waals surface area contributed by atoms with Crippen LogP contribution in [0.5, 0.6) is 0 Å². The number of esters is 1. The van der Waals surface area contributed by atoms with Crippen molar-refractivity contribution in [3.63, 3.8) is 0 Å². The van der Waals surface area contributed by atoms with E-state index in [0.717, 1.165) is 30.3 Å². The number of carbonyl (C=O) groups excluding carboxylic acids is 1. The number of hydrogen-bond acceptors (Lipinski definition) is 4. The topological polar surface area (TPSA) is 60.4 Å². The third-order valence-corrected chi connectivity index (χ3v) is 5.32. The summed E-state index contributed by atoms with van der Waals surface area (Å²) >= 11 is 0. The van der Waals surface area contributed by atoms with Crippen LogP contribution in [0.1, 0.15) is 26.3 Å². The van der Waals surface area contributed by atoms with Crippen LogP contribution in [0.4, 0.5) is 8.78 Å². The molecule has 1 unspecified atom stereocenters. The van der Waals surface area contributed by atoms with Gasteiger partial charge in [0, 0.05) is 5.56 Å². The Hall–Kier alpha value is -2.28. The lowest BCUT2D eigenvalue weighted by atomic mass is 10.1. The Kier molecular flexibility index (Phi) is 4.99. The maximum Gasteiger partial charge on any atom is 0.365 e. The molecule has 0 aliphatic carbocycles. The predicted octanol–water partition coefficient (Wildman–Crippen LogP) is 3.76. The summed E-state index contributed by atoms with van der Waals surface area (Å²) in [5.74, 6) is -2.49. The summed E-state index contributed by atoms with van der Waals surface area (Å²) in [6.07, 6.45) is 0. The number of carbonyl (C=O) groups is 1. The highest BCUT2D eigenvalue weighted by Gasteiger charge is 2.56. The molecule has 2 rings (SSSR count). The number of hydrogen-bond donors (Lipinski definition) is 0. The van der Waals surface area contributed by atoms with E-state index < -0.39 is 42.7 Å². The van der Waals surface area contributed by atoms with Gasteiger partial charge in [-0.15, -0.1) is 0 Å². The molecule has 0 saturated carbocycles. The molecular weight excluding hydrogens is 350 g/mol. The molecule has 0 aromatic heterocycles. The fourth-order valence-corrected chi connectivity index (χ4v) is 3.72. The van der Waals surface area contributed by atoms with Gasteiger partial charge >= 0.3 is 11.0 Å². The second-order valence-electron chi connectivity index (χ2n) is 6.42. The van der Waals surface area contributed by atoms with Crippen molar-refractivity contribution in [3.05, 3.63) is 66.0 Å². The van der Waals surface area contributed by atoms with Crippen LogP contribution in [0.2, 0.25) is 0 Å². The Morgan fingerprint density at radius 1 is 1.00 bits per heavy atom. The van der Waals surface area contributed by atoms with Gasteiger partial charge in [-0.25, -0.2) is 22.0 Å². The molecule has 0 aliphatic heterocycles. The number of benzene rings is 2. The summed E-state index contributed by atoms with van der Waals surface area (Å²) in [7, 11) is -4.85. The van der Waals surface area contributed by atoms with Crippen LogP contribution in [-0.2, 0) is 24.4 Å². The van der Waals surface area contributed by atoms with E-state index in [1.54, 1.807) is 6.07 Å². The highest BCUT2D eigenvalue weighted by molar-refractivity contribution is 7.93. The zero-order valence-corrected chi connectivity index (χ0v) is 14.8. The highest BCUT2D eigenvalue weighted by Crippen LogP contribution is 2.39. The molecule has 0 fully saturated rings. The van der Waals surface area contributed by atoms with E-state index in [-0.39, 0.29) is 0 Å². The van der Waals surface area contributed by atoms with Gasteiger partial charge in [0.05, 0.1) is 4.90 Å². The minimum absolute atomic E-state index is 0.410. The zero-order valence-electron chi connectivity index (χ0n) is 14.0. The zero-order chi connectivity index (χ0) is 18.9. The molecule has 1 atom stereocenters. The largest absolute Gasteiger partial charge is 0.457 e. The van der Waals surface area contributed by atoms with Crippen molar-refractivity contribution in [1.29, 1.82) is 0 Å². The maximum absolute atomic E-state index is 15.9. The molecule has 4 nitrogen and oxygen atoms in total. The van der Waals surface area contributed by atoms with Gasteiger partial charge < -0.3 is 4.74 Å². The second-order valence-corrected chi connectivity index (χ2v) is 8.46. The van der Waals surface area contributed by atoms with Crippen molar-refractivity contribution in [2.45, 2.75) is 36.3 Å². The van der Waals surface area contributed by atoms with Crippen molar-refractivity contribution in [1.82, 2.24) is 0 Å². The van der Waals surface area contributed by atoms with E-state index in [2.05, 4.69) is 0 Å². The molecule has 0 amide bonds. The molecule has 134 valence electrons. The molecule has 0 heterocycles. The smallest absolute Gasteiger partial charge is 0.365 e. The van der Waals surface area contributed by atoms with E-state index in [0.29, 0.717) is 6.07 Å². The normalized spacial score (nSPS) is 14.6. The van der Waals surface area contributed by atoms with Gasteiger partial charge in [-0.1, -0.05) is 30.3 Å². The lowest BCUT2D eigenvalue weighted by molar-refractivity contribution is -0.164. The molecule has 0 spiro atoms. The van der Waals surface area contributed by atoms with Crippen molar-refractivity contribution < 1.29 is 26.7 Å². The summed E-state index contributed by atoms with van der Waals surface area (Å²) in [6, 6.07) is 10.5. The standard InChI is InChI=1S/C18H18F2O4S/c1-17(2,3)24-16(21)18(20,13-8-7-9-14(19)12-13)25(22,23)15-10-5-4-6-11-15/h4-12H,1-3H3.